The van der Waals surface area contributed by atoms with E-state index in [0.29, 0.717) is 5.41 Å². The van der Waals surface area contributed by atoms with Gasteiger partial charge in [-0.3, -0.25) is 0 Å². The van der Waals surface area contributed by atoms with Crippen molar-refractivity contribution in [3.8, 4) is 0 Å². The number of hydrogen-bond donors (Lipinski definition) is 0. The van der Waals surface area contributed by atoms with Crippen LogP contribution in [0.15, 0.2) is 12.7 Å². The Labute approximate surface area is 81.8 Å². The topological polar surface area (TPSA) is 0 Å². The van der Waals surface area contributed by atoms with Crippen molar-refractivity contribution in [3.05, 3.63) is 12.7 Å². The van der Waals surface area contributed by atoms with Crippen molar-refractivity contribution in [2.75, 3.05) is 11.5 Å². The summed E-state index contributed by atoms with van der Waals surface area (Å²) in [5.74, 6) is 2.76. The van der Waals surface area contributed by atoms with E-state index in [2.05, 4.69) is 39.1 Å². The molecule has 12 heavy (non-hydrogen) atoms. The van der Waals surface area contributed by atoms with E-state index in [1.165, 1.54) is 24.3 Å². The fourth-order valence-electron chi connectivity index (χ4n) is 0.924. The minimum absolute atomic E-state index is 0.658. The molecule has 0 N–H and O–H groups in total. The lowest BCUT2D eigenvalue weighted by Crippen LogP contribution is -2.17. The van der Waals surface area contributed by atoms with Gasteiger partial charge in [0.1, 0.15) is 0 Å². The molecule has 0 radical (unpaired) electrons. The summed E-state index contributed by atoms with van der Waals surface area (Å²) in [4.78, 5) is 0. The molecule has 0 aliphatic carbocycles. The highest BCUT2D eigenvalue weighted by Crippen LogP contribution is 2.33. The molecule has 0 amide bonds. The first-order chi connectivity index (χ1) is 5.62. The Kier molecular flexibility index (Phi) is 6.64. The summed E-state index contributed by atoms with van der Waals surface area (Å²) in [6.07, 6.45) is 5.79. The lowest BCUT2D eigenvalue weighted by atomic mass is 9.87. The highest BCUT2D eigenvalue weighted by atomic mass is 32.2. The molecule has 72 valence electrons. The molecule has 0 aromatic carbocycles. The average Bonchev–Trinajstić information content (AvgIpc) is 2.05. The van der Waals surface area contributed by atoms with Crippen LogP contribution in [-0.2, 0) is 0 Å². The van der Waals surface area contributed by atoms with Gasteiger partial charge in [0.2, 0.25) is 0 Å². The lowest BCUT2D eigenvalue weighted by Gasteiger charge is -2.28. The second-order valence-corrected chi connectivity index (χ2v) is 5.20. The summed E-state index contributed by atoms with van der Waals surface area (Å²) in [7, 11) is 0. The molecule has 1 heterocycles. The first-order valence-electron chi connectivity index (χ1n) is 4.81. The van der Waals surface area contributed by atoms with Crippen LogP contribution in [0.2, 0.25) is 0 Å². The molecule has 1 rings (SSSR count). The van der Waals surface area contributed by atoms with Crippen molar-refractivity contribution in [3.63, 3.8) is 0 Å². The largest absolute Gasteiger partial charge is 0.162 e. The van der Waals surface area contributed by atoms with Crippen LogP contribution < -0.4 is 0 Å². The standard InChI is InChI=1S/C7H14S.C4H8/c1-7(2)3-5-8-6-4-7;1-3-4-2/h3-6H2,1-2H3;3H,1,4H2,2H3. The molecule has 1 saturated heterocycles. The van der Waals surface area contributed by atoms with E-state index in [1.54, 1.807) is 0 Å². The molecule has 0 bridgehead atoms. The average molecular weight is 186 g/mol. The normalized spacial score (nSPS) is 20.6. The van der Waals surface area contributed by atoms with Gasteiger partial charge in [-0.05, 0) is 36.2 Å². The van der Waals surface area contributed by atoms with Crippen LogP contribution in [0, 0.1) is 5.41 Å². The predicted octanol–water partition coefficient (Wildman–Crippen LogP) is 4.12. The molecule has 1 fully saturated rings. The lowest BCUT2D eigenvalue weighted by molar-refractivity contribution is 0.336. The zero-order valence-corrected chi connectivity index (χ0v) is 9.54. The molecule has 1 heteroatoms. The summed E-state index contributed by atoms with van der Waals surface area (Å²) >= 11 is 2.10. The third-order valence-corrected chi connectivity index (χ3v) is 3.12. The smallest absolute Gasteiger partial charge is 0.00624 e. The molecule has 0 spiro atoms. The highest BCUT2D eigenvalue weighted by molar-refractivity contribution is 7.99. The van der Waals surface area contributed by atoms with Crippen LogP contribution in [0.1, 0.15) is 40.0 Å². The van der Waals surface area contributed by atoms with Crippen molar-refractivity contribution in [2.24, 2.45) is 5.41 Å². The molecule has 0 aromatic heterocycles. The van der Waals surface area contributed by atoms with E-state index in [4.69, 9.17) is 0 Å². The molecule has 0 nitrogen and oxygen atoms in total. The summed E-state index contributed by atoms with van der Waals surface area (Å²) in [6.45, 7) is 10.3. The molecule has 0 unspecified atom stereocenters. The maximum Gasteiger partial charge on any atom is -0.00624 e. The van der Waals surface area contributed by atoms with Gasteiger partial charge in [-0.15, -0.1) is 6.58 Å². The van der Waals surface area contributed by atoms with E-state index in [-0.39, 0.29) is 0 Å². The van der Waals surface area contributed by atoms with Crippen molar-refractivity contribution < 1.29 is 0 Å². The van der Waals surface area contributed by atoms with Gasteiger partial charge in [-0.2, -0.15) is 11.8 Å². The van der Waals surface area contributed by atoms with Gasteiger partial charge < -0.3 is 0 Å². The van der Waals surface area contributed by atoms with Crippen molar-refractivity contribution in [1.82, 2.24) is 0 Å². The van der Waals surface area contributed by atoms with Gasteiger partial charge in [0.05, 0.1) is 0 Å². The summed E-state index contributed by atoms with van der Waals surface area (Å²) in [6, 6.07) is 0. The van der Waals surface area contributed by atoms with Crippen LogP contribution in [0.4, 0.5) is 0 Å². The van der Waals surface area contributed by atoms with Crippen LogP contribution in [0.5, 0.6) is 0 Å². The van der Waals surface area contributed by atoms with E-state index in [0.717, 1.165) is 6.42 Å². The van der Waals surface area contributed by atoms with Gasteiger partial charge in [0, 0.05) is 0 Å². The molecule has 1 aliphatic heterocycles. The molecular weight excluding hydrogens is 164 g/mol. The SMILES string of the molecule is C=CCC.CC1(C)CCSCC1. The zero-order chi connectivity index (χ0) is 9.45. The molecular formula is C11H22S. The maximum absolute atomic E-state index is 3.48. The maximum atomic E-state index is 3.48. The minimum Gasteiger partial charge on any atom is -0.162 e. The highest BCUT2D eigenvalue weighted by Gasteiger charge is 2.20. The van der Waals surface area contributed by atoms with Crippen LogP contribution in [0.3, 0.4) is 0 Å². The quantitative estimate of drug-likeness (QED) is 0.555. The number of hydrogen-bond acceptors (Lipinski definition) is 1. The molecule has 0 saturated carbocycles. The third kappa shape index (κ3) is 6.78. The van der Waals surface area contributed by atoms with Gasteiger partial charge in [-0.25, -0.2) is 0 Å². The Balaban J connectivity index is 0.000000261. The Bertz CT molecular complexity index is 108. The van der Waals surface area contributed by atoms with E-state index >= 15 is 0 Å². The van der Waals surface area contributed by atoms with Crippen molar-refractivity contribution in [1.29, 1.82) is 0 Å². The Hall–Kier alpha value is 0.0900. The van der Waals surface area contributed by atoms with E-state index < -0.39 is 0 Å². The van der Waals surface area contributed by atoms with E-state index in [9.17, 15) is 0 Å². The Morgan fingerprint density at radius 3 is 1.92 bits per heavy atom. The fourth-order valence-corrected chi connectivity index (χ4v) is 2.52. The second-order valence-electron chi connectivity index (χ2n) is 3.97. The number of rotatable bonds is 1. The molecule has 0 atom stereocenters. The van der Waals surface area contributed by atoms with E-state index in [1.807, 2.05) is 6.08 Å². The van der Waals surface area contributed by atoms with Crippen LogP contribution in [0.25, 0.3) is 0 Å². The first-order valence-corrected chi connectivity index (χ1v) is 5.96. The zero-order valence-electron chi connectivity index (χ0n) is 8.73. The predicted molar refractivity (Wildman–Crippen MR) is 60.8 cm³/mol. The van der Waals surface area contributed by atoms with Crippen molar-refractivity contribution in [2.45, 2.75) is 40.0 Å². The summed E-state index contributed by atoms with van der Waals surface area (Å²) in [5, 5.41) is 0. The molecule has 1 aliphatic rings. The minimum atomic E-state index is 0.658. The monoisotopic (exact) mass is 186 g/mol. The van der Waals surface area contributed by atoms with Crippen LogP contribution >= 0.6 is 11.8 Å². The van der Waals surface area contributed by atoms with Gasteiger partial charge in [0.15, 0.2) is 0 Å². The molecule has 0 aromatic rings. The number of allylic oxidation sites excluding steroid dienone is 1. The fraction of sp³-hybridized carbons (Fsp3) is 0.818. The Morgan fingerprint density at radius 2 is 1.75 bits per heavy atom. The van der Waals surface area contributed by atoms with Crippen LogP contribution in [-0.4, -0.2) is 11.5 Å². The number of thioether (sulfide) groups is 1. The van der Waals surface area contributed by atoms with Gasteiger partial charge in [-0.1, -0.05) is 26.8 Å². The first kappa shape index (κ1) is 12.1. The summed E-state index contributed by atoms with van der Waals surface area (Å²) < 4.78 is 0. The van der Waals surface area contributed by atoms with Crippen molar-refractivity contribution >= 4 is 11.8 Å². The van der Waals surface area contributed by atoms with Gasteiger partial charge in [0.25, 0.3) is 0 Å². The van der Waals surface area contributed by atoms with Gasteiger partial charge >= 0.3 is 0 Å². The Morgan fingerprint density at radius 1 is 1.33 bits per heavy atom. The third-order valence-electron chi connectivity index (χ3n) is 2.14. The summed E-state index contributed by atoms with van der Waals surface area (Å²) in [5.41, 5.74) is 0.658. The second kappa shape index (κ2) is 6.59.